The highest BCUT2D eigenvalue weighted by atomic mass is 35.5. The van der Waals surface area contributed by atoms with Gasteiger partial charge in [0, 0.05) is 19.1 Å². The van der Waals surface area contributed by atoms with Crippen LogP contribution >= 0.6 is 24.8 Å². The number of likely N-dealkylation sites (N-methyl/N-ethyl adjacent to an activating group) is 1. The van der Waals surface area contributed by atoms with Crippen molar-refractivity contribution in [3.63, 3.8) is 0 Å². The van der Waals surface area contributed by atoms with E-state index in [4.69, 9.17) is 10.5 Å². The standard InChI is InChI=1S/C16H33N3O2.2ClH/c1-5-19(6-2)13(9-12(3)4)11-18-16(20)15-8-7-14(10-17)21-15;;/h12-15H,5-11,17H2,1-4H3,(H,18,20);2*1H/t13?,14-,15+;;/m1../s1. The third kappa shape index (κ3) is 8.54. The molecule has 23 heavy (non-hydrogen) atoms. The molecule has 7 heteroatoms. The quantitative estimate of drug-likeness (QED) is 0.651. The number of hydrogen-bond donors (Lipinski definition) is 2. The minimum absolute atomic E-state index is 0. The number of nitrogens with one attached hydrogen (secondary N) is 1. The smallest absolute Gasteiger partial charge is 0.249 e. The number of nitrogens with zero attached hydrogens (tertiary/aromatic N) is 1. The van der Waals surface area contributed by atoms with Gasteiger partial charge in [0.15, 0.2) is 0 Å². The van der Waals surface area contributed by atoms with Gasteiger partial charge in [0.05, 0.1) is 6.10 Å². The Morgan fingerprint density at radius 1 is 1.26 bits per heavy atom. The number of carbonyl (C=O) groups is 1. The van der Waals surface area contributed by atoms with Crippen molar-refractivity contribution in [3.8, 4) is 0 Å². The van der Waals surface area contributed by atoms with Crippen molar-refractivity contribution in [2.75, 3.05) is 26.2 Å². The van der Waals surface area contributed by atoms with Crippen molar-refractivity contribution in [2.45, 2.75) is 65.2 Å². The van der Waals surface area contributed by atoms with Crippen LogP contribution in [0.3, 0.4) is 0 Å². The second-order valence-electron chi connectivity index (χ2n) is 6.31. The molecule has 1 heterocycles. The van der Waals surface area contributed by atoms with Crippen LogP contribution in [0.15, 0.2) is 0 Å². The SMILES string of the molecule is CCN(CC)C(CNC(=O)[C@@H]1CC[C@H](CN)O1)CC(C)C.Cl.Cl. The molecule has 1 fully saturated rings. The predicted octanol–water partition coefficient (Wildman–Crippen LogP) is 2.21. The summed E-state index contributed by atoms with van der Waals surface area (Å²) in [5.41, 5.74) is 5.59. The molecule has 1 unspecified atom stereocenters. The molecule has 0 aromatic rings. The molecule has 1 amide bonds. The summed E-state index contributed by atoms with van der Waals surface area (Å²) in [6.45, 7) is 12.0. The van der Waals surface area contributed by atoms with Crippen LogP contribution in [0.5, 0.6) is 0 Å². The first-order chi connectivity index (χ1) is 10.0. The Hall–Kier alpha value is -0.0700. The van der Waals surface area contributed by atoms with E-state index in [2.05, 4.69) is 37.9 Å². The minimum Gasteiger partial charge on any atom is -0.364 e. The van der Waals surface area contributed by atoms with Gasteiger partial charge >= 0.3 is 0 Å². The predicted molar refractivity (Wildman–Crippen MR) is 101 cm³/mol. The van der Waals surface area contributed by atoms with Crippen molar-refractivity contribution in [2.24, 2.45) is 11.7 Å². The van der Waals surface area contributed by atoms with E-state index in [-0.39, 0.29) is 42.9 Å². The van der Waals surface area contributed by atoms with Crippen LogP contribution in [0, 0.1) is 5.92 Å². The van der Waals surface area contributed by atoms with E-state index in [1.54, 1.807) is 0 Å². The number of nitrogens with two attached hydrogens (primary N) is 1. The van der Waals surface area contributed by atoms with Gasteiger partial charge in [-0.15, -0.1) is 24.8 Å². The van der Waals surface area contributed by atoms with Crippen molar-refractivity contribution >= 4 is 30.7 Å². The molecule has 1 saturated heterocycles. The highest BCUT2D eigenvalue weighted by molar-refractivity contribution is 5.85. The Morgan fingerprint density at radius 3 is 2.30 bits per heavy atom. The summed E-state index contributed by atoms with van der Waals surface area (Å²) in [5.74, 6) is 0.642. The molecular weight excluding hydrogens is 337 g/mol. The average molecular weight is 372 g/mol. The number of rotatable bonds is 9. The van der Waals surface area contributed by atoms with Gasteiger partial charge in [-0.3, -0.25) is 9.69 Å². The third-order valence-electron chi connectivity index (χ3n) is 4.25. The van der Waals surface area contributed by atoms with E-state index in [1.165, 1.54) is 0 Å². The Morgan fingerprint density at radius 2 is 1.87 bits per heavy atom. The van der Waals surface area contributed by atoms with E-state index in [1.807, 2.05) is 0 Å². The lowest BCUT2D eigenvalue weighted by molar-refractivity contribution is -0.132. The van der Waals surface area contributed by atoms with E-state index in [9.17, 15) is 4.79 Å². The highest BCUT2D eigenvalue weighted by Gasteiger charge is 2.30. The van der Waals surface area contributed by atoms with Crippen LogP contribution < -0.4 is 11.1 Å². The summed E-state index contributed by atoms with van der Waals surface area (Å²) in [5, 5.41) is 3.08. The van der Waals surface area contributed by atoms with Crippen LogP contribution in [0.25, 0.3) is 0 Å². The maximum atomic E-state index is 12.2. The molecule has 0 spiro atoms. The number of halogens is 2. The first-order valence-electron chi connectivity index (χ1n) is 8.39. The number of hydrogen-bond acceptors (Lipinski definition) is 4. The summed E-state index contributed by atoms with van der Waals surface area (Å²) in [6.07, 6.45) is 2.51. The zero-order chi connectivity index (χ0) is 15.8. The zero-order valence-electron chi connectivity index (χ0n) is 14.9. The van der Waals surface area contributed by atoms with Crippen molar-refractivity contribution in [1.29, 1.82) is 0 Å². The summed E-state index contributed by atoms with van der Waals surface area (Å²) in [4.78, 5) is 14.6. The van der Waals surface area contributed by atoms with Crippen molar-refractivity contribution < 1.29 is 9.53 Å². The van der Waals surface area contributed by atoms with Crippen LogP contribution in [-0.2, 0) is 9.53 Å². The van der Waals surface area contributed by atoms with Gasteiger partial charge in [-0.1, -0.05) is 27.7 Å². The van der Waals surface area contributed by atoms with Crippen LogP contribution in [0.4, 0.5) is 0 Å². The van der Waals surface area contributed by atoms with Gasteiger partial charge in [0.1, 0.15) is 6.10 Å². The van der Waals surface area contributed by atoms with Gasteiger partial charge in [0.25, 0.3) is 0 Å². The van der Waals surface area contributed by atoms with Crippen LogP contribution in [0.1, 0.15) is 47.0 Å². The number of ether oxygens (including phenoxy) is 1. The largest absolute Gasteiger partial charge is 0.364 e. The maximum Gasteiger partial charge on any atom is 0.249 e. The summed E-state index contributed by atoms with van der Waals surface area (Å²) in [7, 11) is 0. The molecule has 140 valence electrons. The minimum atomic E-state index is -0.310. The van der Waals surface area contributed by atoms with E-state index >= 15 is 0 Å². The Balaban J connectivity index is 0. The maximum absolute atomic E-state index is 12.2. The topological polar surface area (TPSA) is 67.6 Å². The van der Waals surface area contributed by atoms with Gasteiger partial charge in [0.2, 0.25) is 5.91 Å². The van der Waals surface area contributed by atoms with Crippen molar-refractivity contribution in [3.05, 3.63) is 0 Å². The molecule has 0 radical (unpaired) electrons. The van der Waals surface area contributed by atoms with Gasteiger partial charge in [-0.25, -0.2) is 0 Å². The molecular formula is C16H35Cl2N3O2. The molecule has 0 aliphatic carbocycles. The molecule has 0 aromatic heterocycles. The molecule has 1 aliphatic rings. The number of amides is 1. The molecule has 1 rings (SSSR count). The molecule has 5 nitrogen and oxygen atoms in total. The fourth-order valence-corrected chi connectivity index (χ4v) is 3.05. The monoisotopic (exact) mass is 371 g/mol. The molecule has 0 aromatic carbocycles. The summed E-state index contributed by atoms with van der Waals surface area (Å²) < 4.78 is 5.65. The first kappa shape index (κ1) is 25.2. The normalized spacial score (nSPS) is 21.7. The third-order valence-corrected chi connectivity index (χ3v) is 4.25. The summed E-state index contributed by atoms with van der Waals surface area (Å²) >= 11 is 0. The molecule has 3 N–H and O–H groups in total. The fourth-order valence-electron chi connectivity index (χ4n) is 3.05. The highest BCUT2D eigenvalue weighted by Crippen LogP contribution is 2.19. The molecule has 0 bridgehead atoms. The van der Waals surface area contributed by atoms with Gasteiger partial charge < -0.3 is 15.8 Å². The first-order valence-corrected chi connectivity index (χ1v) is 8.39. The second-order valence-corrected chi connectivity index (χ2v) is 6.31. The Labute approximate surface area is 153 Å². The van der Waals surface area contributed by atoms with E-state index in [0.717, 1.165) is 32.4 Å². The van der Waals surface area contributed by atoms with E-state index < -0.39 is 0 Å². The van der Waals surface area contributed by atoms with Gasteiger partial charge in [-0.2, -0.15) is 0 Å². The zero-order valence-corrected chi connectivity index (χ0v) is 16.5. The van der Waals surface area contributed by atoms with Crippen LogP contribution in [0.2, 0.25) is 0 Å². The molecule has 0 saturated carbocycles. The average Bonchev–Trinajstić information content (AvgIpc) is 2.94. The fraction of sp³-hybridized carbons (Fsp3) is 0.938. The number of carbonyl (C=O) groups excluding carboxylic acids is 1. The van der Waals surface area contributed by atoms with Crippen molar-refractivity contribution in [1.82, 2.24) is 10.2 Å². The van der Waals surface area contributed by atoms with E-state index in [0.29, 0.717) is 25.0 Å². The van der Waals surface area contributed by atoms with Gasteiger partial charge in [-0.05, 0) is 38.3 Å². The lowest BCUT2D eigenvalue weighted by Crippen LogP contribution is -2.46. The Kier molecular flexibility index (Phi) is 14.5. The molecule has 3 atom stereocenters. The molecule has 1 aliphatic heterocycles. The lowest BCUT2D eigenvalue weighted by atomic mass is 10.0. The lowest BCUT2D eigenvalue weighted by Gasteiger charge is -2.31. The second kappa shape index (κ2) is 13.2. The van der Waals surface area contributed by atoms with Crippen LogP contribution in [-0.4, -0.2) is 55.2 Å². The Bertz CT molecular complexity index is 316. The summed E-state index contributed by atoms with van der Waals surface area (Å²) in [6, 6.07) is 0.399.